The van der Waals surface area contributed by atoms with Crippen molar-refractivity contribution >= 4 is 10.9 Å². The van der Waals surface area contributed by atoms with E-state index in [1.54, 1.807) is 7.11 Å². The van der Waals surface area contributed by atoms with E-state index in [1.807, 2.05) is 30.5 Å². The largest absolute Gasteiger partial charge is 0.497 e. The number of ether oxygens (including phenoxy) is 3. The predicted octanol–water partition coefficient (Wildman–Crippen LogP) is 3.93. The molecule has 3 aromatic rings. The number of rotatable bonds is 8. The maximum absolute atomic E-state index is 6.11. The summed E-state index contributed by atoms with van der Waals surface area (Å²) in [6, 6.07) is 14.2. The van der Waals surface area contributed by atoms with Crippen molar-refractivity contribution in [1.82, 2.24) is 10.3 Å². The molecule has 0 radical (unpaired) electrons. The molecular weight excluding hydrogens is 340 g/mol. The summed E-state index contributed by atoms with van der Waals surface area (Å²) in [6.45, 7) is 2.46. The Kier molecular flexibility index (Phi) is 5.49. The van der Waals surface area contributed by atoms with E-state index >= 15 is 0 Å². The molecule has 2 heterocycles. The minimum absolute atomic E-state index is 0.208. The average molecular weight is 366 g/mol. The van der Waals surface area contributed by atoms with E-state index < -0.39 is 0 Å². The Labute approximate surface area is 159 Å². The molecule has 2 N–H and O–H groups in total. The molecule has 0 spiro atoms. The molecule has 1 atom stereocenters. The Hall–Kier alpha value is -2.66. The number of nitrogens with one attached hydrogen (secondary N) is 2. The fourth-order valence-corrected chi connectivity index (χ4v) is 3.50. The maximum atomic E-state index is 6.11. The molecule has 1 aliphatic heterocycles. The number of aromatic nitrogens is 1. The highest BCUT2D eigenvalue weighted by Crippen LogP contribution is 2.31. The Morgan fingerprint density at radius 1 is 1.22 bits per heavy atom. The van der Waals surface area contributed by atoms with Crippen molar-refractivity contribution in [2.75, 3.05) is 26.8 Å². The van der Waals surface area contributed by atoms with Crippen molar-refractivity contribution in [3.8, 4) is 17.2 Å². The number of methoxy groups -OCH3 is 1. The van der Waals surface area contributed by atoms with Gasteiger partial charge >= 0.3 is 0 Å². The summed E-state index contributed by atoms with van der Waals surface area (Å²) >= 11 is 0. The van der Waals surface area contributed by atoms with Crippen LogP contribution in [0.2, 0.25) is 0 Å². The number of H-pyrrole nitrogens is 1. The van der Waals surface area contributed by atoms with Crippen molar-refractivity contribution in [3.63, 3.8) is 0 Å². The summed E-state index contributed by atoms with van der Waals surface area (Å²) < 4.78 is 17.3. The third-order valence-electron chi connectivity index (χ3n) is 4.99. The van der Waals surface area contributed by atoms with Crippen LogP contribution in [-0.4, -0.2) is 37.9 Å². The zero-order valence-electron chi connectivity index (χ0n) is 15.7. The van der Waals surface area contributed by atoms with E-state index in [2.05, 4.69) is 28.5 Å². The van der Waals surface area contributed by atoms with Crippen molar-refractivity contribution in [1.29, 1.82) is 0 Å². The fraction of sp³-hybridized carbons (Fsp3) is 0.364. The van der Waals surface area contributed by atoms with Gasteiger partial charge in [0.25, 0.3) is 0 Å². The van der Waals surface area contributed by atoms with Crippen molar-refractivity contribution in [3.05, 3.63) is 54.2 Å². The Morgan fingerprint density at radius 3 is 3.11 bits per heavy atom. The third kappa shape index (κ3) is 4.19. The van der Waals surface area contributed by atoms with Crippen LogP contribution < -0.4 is 19.5 Å². The van der Waals surface area contributed by atoms with Gasteiger partial charge in [-0.2, -0.15) is 0 Å². The van der Waals surface area contributed by atoms with Gasteiger partial charge in [0.15, 0.2) is 0 Å². The summed E-state index contributed by atoms with van der Waals surface area (Å²) in [4.78, 5) is 3.21. The zero-order valence-corrected chi connectivity index (χ0v) is 15.7. The second-order valence-corrected chi connectivity index (χ2v) is 6.85. The van der Waals surface area contributed by atoms with Crippen LogP contribution in [0, 0.1) is 0 Å². The van der Waals surface area contributed by atoms with Crippen LogP contribution in [0.1, 0.15) is 18.4 Å². The fourth-order valence-electron chi connectivity index (χ4n) is 3.50. The maximum Gasteiger partial charge on any atom is 0.128 e. The lowest BCUT2D eigenvalue weighted by Gasteiger charge is -2.26. The highest BCUT2D eigenvalue weighted by atomic mass is 16.5. The van der Waals surface area contributed by atoms with Gasteiger partial charge in [-0.25, -0.2) is 0 Å². The van der Waals surface area contributed by atoms with E-state index in [1.165, 1.54) is 5.56 Å². The lowest BCUT2D eigenvalue weighted by Crippen LogP contribution is -2.35. The molecule has 0 aliphatic carbocycles. The summed E-state index contributed by atoms with van der Waals surface area (Å²) in [6.07, 6.45) is 5.20. The van der Waals surface area contributed by atoms with Crippen LogP contribution in [0.15, 0.2) is 48.7 Å². The van der Waals surface area contributed by atoms with Crippen molar-refractivity contribution in [2.45, 2.75) is 25.4 Å². The lowest BCUT2D eigenvalue weighted by atomic mass is 10.0. The van der Waals surface area contributed by atoms with Gasteiger partial charge in [-0.15, -0.1) is 0 Å². The summed E-state index contributed by atoms with van der Waals surface area (Å²) in [5.74, 6) is 2.74. The van der Waals surface area contributed by atoms with Crippen molar-refractivity contribution < 1.29 is 14.2 Å². The van der Waals surface area contributed by atoms with Gasteiger partial charge in [0.1, 0.15) is 23.4 Å². The first-order valence-corrected chi connectivity index (χ1v) is 9.56. The second kappa shape index (κ2) is 8.35. The molecule has 142 valence electrons. The first-order chi connectivity index (χ1) is 13.3. The summed E-state index contributed by atoms with van der Waals surface area (Å²) in [5, 5.41) is 4.62. The van der Waals surface area contributed by atoms with Gasteiger partial charge in [0.05, 0.1) is 13.7 Å². The van der Waals surface area contributed by atoms with E-state index in [0.29, 0.717) is 6.61 Å². The smallest absolute Gasteiger partial charge is 0.128 e. The molecule has 0 fully saturated rings. The highest BCUT2D eigenvalue weighted by molar-refractivity contribution is 5.85. The van der Waals surface area contributed by atoms with Gasteiger partial charge in [-0.3, -0.25) is 0 Å². The average Bonchev–Trinajstić information content (AvgIpc) is 3.19. The van der Waals surface area contributed by atoms with Crippen molar-refractivity contribution in [2.24, 2.45) is 0 Å². The molecule has 1 aliphatic rings. The van der Waals surface area contributed by atoms with Crippen LogP contribution in [0.3, 0.4) is 0 Å². The predicted molar refractivity (Wildman–Crippen MR) is 107 cm³/mol. The number of benzene rings is 2. The van der Waals surface area contributed by atoms with Gasteiger partial charge in [0.2, 0.25) is 0 Å². The number of aromatic amines is 1. The number of fused-ring (bicyclic) bond motifs is 2. The summed E-state index contributed by atoms with van der Waals surface area (Å²) in [7, 11) is 1.68. The molecule has 4 rings (SSSR count). The van der Waals surface area contributed by atoms with Gasteiger partial charge in [-0.1, -0.05) is 12.1 Å². The second-order valence-electron chi connectivity index (χ2n) is 6.85. The molecule has 0 bridgehead atoms. The van der Waals surface area contributed by atoms with Gasteiger partial charge in [-0.05, 0) is 55.6 Å². The molecular formula is C22H26N2O3. The van der Waals surface area contributed by atoms with Gasteiger partial charge in [0, 0.05) is 29.7 Å². The highest BCUT2D eigenvalue weighted by Gasteiger charge is 2.19. The molecule has 0 amide bonds. The first-order valence-electron chi connectivity index (χ1n) is 9.56. The number of aryl methyl sites for hydroxylation is 1. The van der Waals surface area contributed by atoms with Crippen LogP contribution in [0.25, 0.3) is 10.9 Å². The van der Waals surface area contributed by atoms with E-state index in [9.17, 15) is 0 Å². The quantitative estimate of drug-likeness (QED) is 0.593. The lowest BCUT2D eigenvalue weighted by molar-refractivity contribution is 0.169. The Morgan fingerprint density at radius 2 is 2.19 bits per heavy atom. The molecule has 0 saturated carbocycles. The molecule has 5 nitrogen and oxygen atoms in total. The van der Waals surface area contributed by atoms with Crippen LogP contribution in [0.5, 0.6) is 17.2 Å². The van der Waals surface area contributed by atoms with Crippen LogP contribution in [0.4, 0.5) is 0 Å². The summed E-state index contributed by atoms with van der Waals surface area (Å²) in [5.41, 5.74) is 2.37. The zero-order chi connectivity index (χ0) is 18.5. The molecule has 1 aromatic heterocycles. The Balaban J connectivity index is 1.18. The SMILES string of the molecule is COc1ccc2c(c1)OC(CNCCCOc1cccc3[nH]ccc13)CC2. The topological polar surface area (TPSA) is 55.5 Å². The van der Waals surface area contributed by atoms with E-state index in [0.717, 1.165) is 60.5 Å². The minimum atomic E-state index is 0.208. The minimum Gasteiger partial charge on any atom is -0.497 e. The molecule has 2 aromatic carbocycles. The standard InChI is InChI=1S/C22H26N2O3/c1-25-17-8-6-16-7-9-18(27-22(16)14-17)15-23-11-3-13-26-21-5-2-4-20-19(21)10-12-24-20/h2,4-6,8,10,12,14,18,23-24H,3,7,9,11,13,15H2,1H3. The van der Waals surface area contributed by atoms with Gasteiger partial charge < -0.3 is 24.5 Å². The first kappa shape index (κ1) is 17.7. The number of hydrogen-bond acceptors (Lipinski definition) is 4. The van der Waals surface area contributed by atoms with Crippen LogP contribution >= 0.6 is 0 Å². The van der Waals surface area contributed by atoms with Crippen LogP contribution in [-0.2, 0) is 6.42 Å². The van der Waals surface area contributed by atoms with E-state index in [4.69, 9.17) is 14.2 Å². The normalized spacial score (nSPS) is 16.0. The molecule has 27 heavy (non-hydrogen) atoms. The molecule has 1 unspecified atom stereocenters. The Bertz CT molecular complexity index is 890. The van der Waals surface area contributed by atoms with E-state index in [-0.39, 0.29) is 6.10 Å². The molecule has 0 saturated heterocycles. The molecule has 5 heteroatoms. The third-order valence-corrected chi connectivity index (χ3v) is 4.99. The number of hydrogen-bond donors (Lipinski definition) is 2. The monoisotopic (exact) mass is 366 g/mol.